The van der Waals surface area contributed by atoms with Crippen LogP contribution >= 0.6 is 0 Å². The molecule has 1 aromatic rings. The summed E-state index contributed by atoms with van der Waals surface area (Å²) in [6.45, 7) is -0.150. The molecule has 0 bridgehead atoms. The summed E-state index contributed by atoms with van der Waals surface area (Å²) in [6, 6.07) is 2.51. The van der Waals surface area contributed by atoms with E-state index in [1.165, 1.54) is 7.11 Å². The van der Waals surface area contributed by atoms with Gasteiger partial charge < -0.3 is 29.9 Å². The maximum Gasteiger partial charge on any atom is 0.247 e. The van der Waals surface area contributed by atoms with Crippen LogP contribution in [0.15, 0.2) is 23.8 Å². The van der Waals surface area contributed by atoms with Crippen molar-refractivity contribution in [2.75, 3.05) is 20.3 Å². The normalized spacial score (nSPS) is 27.3. The Bertz CT molecular complexity index is 1040. The molecule has 0 radical (unpaired) electrons. The van der Waals surface area contributed by atoms with Gasteiger partial charge >= 0.3 is 0 Å². The lowest BCUT2D eigenvalue weighted by Crippen LogP contribution is -2.58. The molecule has 9 heteroatoms. The molecule has 3 N–H and O–H groups in total. The zero-order valence-electron chi connectivity index (χ0n) is 19.8. The molecular weight excluding hydrogens is 452 g/mol. The number of nitrogens with one attached hydrogen (secondary N) is 1. The molecule has 35 heavy (non-hydrogen) atoms. The molecule has 0 aromatic heterocycles. The molecule has 4 aliphatic rings. The maximum atomic E-state index is 13.4. The predicted octanol–water partition coefficient (Wildman–Crippen LogP) is 1.31. The number of ether oxygens (including phenoxy) is 2. The summed E-state index contributed by atoms with van der Waals surface area (Å²) in [7, 11) is 1.47. The van der Waals surface area contributed by atoms with Gasteiger partial charge in [-0.2, -0.15) is 0 Å². The van der Waals surface area contributed by atoms with Gasteiger partial charge in [-0.15, -0.1) is 0 Å². The van der Waals surface area contributed by atoms with Crippen LogP contribution in [0.2, 0.25) is 0 Å². The van der Waals surface area contributed by atoms with Gasteiger partial charge in [-0.05, 0) is 43.9 Å². The first-order chi connectivity index (χ1) is 17.0. The largest absolute Gasteiger partial charge is 0.493 e. The minimum atomic E-state index is -1.07. The second-order valence-corrected chi connectivity index (χ2v) is 9.86. The van der Waals surface area contributed by atoms with Crippen LogP contribution in [-0.2, 0) is 9.59 Å². The molecule has 3 aliphatic carbocycles. The van der Waals surface area contributed by atoms with Gasteiger partial charge in [-0.1, -0.05) is 12.8 Å². The lowest BCUT2D eigenvalue weighted by Gasteiger charge is -2.43. The van der Waals surface area contributed by atoms with Crippen LogP contribution in [0.25, 0.3) is 0 Å². The van der Waals surface area contributed by atoms with Gasteiger partial charge in [0.05, 0.1) is 25.7 Å². The minimum Gasteiger partial charge on any atom is -0.493 e. The number of rotatable bonds is 8. The Hall–Kier alpha value is -2.91. The molecule has 2 amide bonds. The molecule has 0 saturated heterocycles. The second kappa shape index (κ2) is 9.62. The Kier molecular flexibility index (Phi) is 6.55. The molecule has 0 unspecified atom stereocenters. The van der Waals surface area contributed by atoms with Crippen LogP contribution in [0.5, 0.6) is 11.5 Å². The Morgan fingerprint density at radius 2 is 1.97 bits per heavy atom. The monoisotopic (exact) mass is 484 g/mol. The van der Waals surface area contributed by atoms with Crippen molar-refractivity contribution in [3.8, 4) is 11.5 Å². The minimum absolute atomic E-state index is 0.0114. The quantitative estimate of drug-likeness (QED) is 0.475. The van der Waals surface area contributed by atoms with Crippen molar-refractivity contribution < 1.29 is 34.1 Å². The van der Waals surface area contributed by atoms with Gasteiger partial charge in [0.15, 0.2) is 11.5 Å². The molecule has 0 spiro atoms. The summed E-state index contributed by atoms with van der Waals surface area (Å²) in [4.78, 5) is 40.1. The highest BCUT2D eigenvalue weighted by molar-refractivity contribution is 5.96. The lowest BCUT2D eigenvalue weighted by molar-refractivity contribution is -0.141. The lowest BCUT2D eigenvalue weighted by atomic mass is 9.77. The van der Waals surface area contributed by atoms with Crippen LogP contribution in [-0.4, -0.2) is 77.8 Å². The highest BCUT2D eigenvalue weighted by Gasteiger charge is 2.53. The molecular formula is C26H32N2O7. The topological polar surface area (TPSA) is 125 Å². The van der Waals surface area contributed by atoms with E-state index in [-0.39, 0.29) is 31.0 Å². The van der Waals surface area contributed by atoms with E-state index in [9.17, 15) is 24.6 Å². The van der Waals surface area contributed by atoms with Gasteiger partial charge in [0.2, 0.25) is 11.8 Å². The summed E-state index contributed by atoms with van der Waals surface area (Å²) in [5.74, 6) is -0.317. The number of carbonyl (C=O) groups excluding carboxylic acids is 3. The summed E-state index contributed by atoms with van der Waals surface area (Å²) in [6.07, 6.45) is 5.97. The van der Waals surface area contributed by atoms with Gasteiger partial charge in [-0.3, -0.25) is 14.4 Å². The number of aliphatic hydroxyl groups excluding tert-OH is 2. The molecule has 9 nitrogen and oxygen atoms in total. The first-order valence-corrected chi connectivity index (χ1v) is 12.4. The van der Waals surface area contributed by atoms with Crippen molar-refractivity contribution in [3.05, 3.63) is 34.9 Å². The molecule has 1 heterocycles. The van der Waals surface area contributed by atoms with E-state index in [0.29, 0.717) is 34.5 Å². The van der Waals surface area contributed by atoms with Crippen LogP contribution < -0.4 is 14.8 Å². The maximum absolute atomic E-state index is 13.4. The number of nitrogens with zero attached hydrogens (tertiary/aromatic N) is 1. The summed E-state index contributed by atoms with van der Waals surface area (Å²) in [5.41, 5.74) is 1.31. The predicted molar refractivity (Wildman–Crippen MR) is 125 cm³/mol. The zero-order chi connectivity index (χ0) is 24.7. The fraction of sp³-hybridized carbons (Fsp3) is 0.577. The van der Waals surface area contributed by atoms with Crippen molar-refractivity contribution in [1.82, 2.24) is 10.2 Å². The third kappa shape index (κ3) is 4.21. The van der Waals surface area contributed by atoms with Crippen LogP contribution in [0.3, 0.4) is 0 Å². The van der Waals surface area contributed by atoms with Gasteiger partial charge in [0.1, 0.15) is 18.5 Å². The third-order valence-corrected chi connectivity index (χ3v) is 7.63. The SMILES string of the molecule is COc1cc(C=O)cc2c1O[C@@H]1[C@@H](O)[C@H](N(C(=O)C3CC3)C3CCCC3)C=C(C(=O)NCCO)[C@H]21. The Balaban J connectivity index is 1.60. The number of carbonyl (C=O) groups is 3. The number of aliphatic hydroxyl groups is 2. The van der Waals surface area contributed by atoms with Gasteiger partial charge in [-0.25, -0.2) is 0 Å². The molecule has 2 saturated carbocycles. The van der Waals surface area contributed by atoms with E-state index in [1.54, 1.807) is 18.2 Å². The van der Waals surface area contributed by atoms with Crippen LogP contribution in [0.1, 0.15) is 60.4 Å². The molecule has 5 rings (SSSR count). The molecule has 1 aliphatic heterocycles. The number of methoxy groups -OCH3 is 1. The highest BCUT2D eigenvalue weighted by Crippen LogP contribution is 2.52. The van der Waals surface area contributed by atoms with Crippen molar-refractivity contribution in [3.63, 3.8) is 0 Å². The van der Waals surface area contributed by atoms with E-state index < -0.39 is 30.1 Å². The number of benzene rings is 1. The van der Waals surface area contributed by atoms with Gasteiger partial charge in [0, 0.05) is 35.2 Å². The number of fused-ring (bicyclic) bond motifs is 3. The fourth-order valence-corrected chi connectivity index (χ4v) is 5.82. The molecule has 2 fully saturated rings. The average molecular weight is 485 g/mol. The zero-order valence-corrected chi connectivity index (χ0v) is 19.8. The van der Waals surface area contributed by atoms with E-state index in [1.807, 2.05) is 4.90 Å². The van der Waals surface area contributed by atoms with E-state index in [2.05, 4.69) is 5.32 Å². The van der Waals surface area contributed by atoms with Crippen molar-refractivity contribution in [2.24, 2.45) is 5.92 Å². The molecule has 188 valence electrons. The Morgan fingerprint density at radius 1 is 1.23 bits per heavy atom. The average Bonchev–Trinajstić information content (AvgIpc) is 3.45. The number of amides is 2. The third-order valence-electron chi connectivity index (χ3n) is 7.63. The smallest absolute Gasteiger partial charge is 0.247 e. The van der Waals surface area contributed by atoms with Crippen molar-refractivity contribution in [1.29, 1.82) is 0 Å². The molecule has 4 atom stereocenters. The Morgan fingerprint density at radius 3 is 2.60 bits per heavy atom. The fourth-order valence-electron chi connectivity index (χ4n) is 5.82. The number of hydrogen-bond donors (Lipinski definition) is 3. The second-order valence-electron chi connectivity index (χ2n) is 9.86. The van der Waals surface area contributed by atoms with E-state index >= 15 is 0 Å². The first kappa shape index (κ1) is 23.8. The van der Waals surface area contributed by atoms with E-state index in [0.717, 1.165) is 38.5 Å². The summed E-state index contributed by atoms with van der Waals surface area (Å²) < 4.78 is 11.7. The highest BCUT2D eigenvalue weighted by atomic mass is 16.5. The first-order valence-electron chi connectivity index (χ1n) is 12.4. The summed E-state index contributed by atoms with van der Waals surface area (Å²) in [5, 5.41) is 23.6. The summed E-state index contributed by atoms with van der Waals surface area (Å²) >= 11 is 0. The standard InChI is InChI=1S/C26H32N2O7/c1-34-20-11-14(13-30)10-17-21-18(25(32)27-8-9-29)12-19(22(31)24(21)35-23(17)20)28(16-4-2-3-5-16)26(33)15-6-7-15/h10-13,15-16,19,21-22,24,29,31H,2-9H2,1H3,(H,27,32)/t19-,21+,22+,24+/m1/s1. The molecule has 1 aromatic carbocycles. The van der Waals surface area contributed by atoms with Crippen LogP contribution in [0.4, 0.5) is 0 Å². The number of aldehydes is 1. The van der Waals surface area contributed by atoms with Crippen molar-refractivity contribution in [2.45, 2.75) is 68.7 Å². The Labute approximate surface area is 204 Å². The van der Waals surface area contributed by atoms with E-state index in [4.69, 9.17) is 9.47 Å². The van der Waals surface area contributed by atoms with Gasteiger partial charge in [0.25, 0.3) is 0 Å². The number of hydrogen-bond acceptors (Lipinski definition) is 7. The van der Waals surface area contributed by atoms with Crippen molar-refractivity contribution >= 4 is 18.1 Å². The van der Waals surface area contributed by atoms with Crippen LogP contribution in [0, 0.1) is 5.92 Å².